The molecule has 0 amide bonds. The summed E-state index contributed by atoms with van der Waals surface area (Å²) in [6.45, 7) is 0. The number of benzene rings is 9. The third-order valence-electron chi connectivity index (χ3n) is 12.7. The van der Waals surface area contributed by atoms with Crippen LogP contribution < -0.4 is 0 Å². The average molecular weight is 775 g/mol. The van der Waals surface area contributed by atoms with Gasteiger partial charge in [0.15, 0.2) is 5.82 Å². The molecule has 0 unspecified atom stereocenters. The number of nitrogens with zero attached hydrogens (tertiary/aromatic N) is 2. The zero-order valence-corrected chi connectivity index (χ0v) is 33.3. The molecule has 10 aromatic rings. The number of rotatable bonds is 6. The van der Waals surface area contributed by atoms with Crippen LogP contribution in [0.25, 0.3) is 89.5 Å². The highest BCUT2D eigenvalue weighted by atomic mass is 14.9. The second-order valence-electron chi connectivity index (χ2n) is 16.1. The van der Waals surface area contributed by atoms with Gasteiger partial charge in [-0.2, -0.15) is 0 Å². The quantitative estimate of drug-likeness (QED) is 0.168. The lowest BCUT2D eigenvalue weighted by Crippen LogP contribution is -2.25. The molecule has 0 bridgehead atoms. The van der Waals surface area contributed by atoms with E-state index in [0.717, 1.165) is 39.2 Å². The second kappa shape index (κ2) is 14.1. The molecule has 0 saturated heterocycles. The minimum Gasteiger partial charge on any atom is -0.228 e. The second-order valence-corrected chi connectivity index (χ2v) is 16.1. The van der Waals surface area contributed by atoms with Gasteiger partial charge in [0.1, 0.15) is 0 Å². The molecule has 2 nitrogen and oxygen atoms in total. The molecular weight excluding hydrogens is 737 g/mol. The van der Waals surface area contributed by atoms with E-state index in [2.05, 4.69) is 218 Å². The third kappa shape index (κ3) is 5.64. The molecule has 2 heteroatoms. The van der Waals surface area contributed by atoms with Crippen molar-refractivity contribution >= 4 is 0 Å². The summed E-state index contributed by atoms with van der Waals surface area (Å²) < 4.78 is 0. The van der Waals surface area contributed by atoms with Crippen molar-refractivity contribution < 1.29 is 0 Å². The molecule has 9 aromatic carbocycles. The summed E-state index contributed by atoms with van der Waals surface area (Å²) in [4.78, 5) is 10.2. The predicted octanol–water partition coefficient (Wildman–Crippen LogP) is 14.8. The van der Waals surface area contributed by atoms with Crippen LogP contribution >= 0.6 is 0 Å². The topological polar surface area (TPSA) is 25.8 Å². The maximum Gasteiger partial charge on any atom is 0.160 e. The molecule has 284 valence electrons. The number of hydrogen-bond donors (Lipinski definition) is 0. The van der Waals surface area contributed by atoms with Crippen LogP contribution in [0.3, 0.4) is 0 Å². The lowest BCUT2D eigenvalue weighted by Gasteiger charge is -2.30. The maximum atomic E-state index is 5.11. The standard InChI is InChI=1S/C59H38N2/c1-3-16-39(17-4-1)56-38-57(40-18-5-2-6-19-40)61-58(60-56)47-25-15-24-45(36-47)43-22-13-20-41(34-43)42-21-14-23-44(35-42)46-32-33-51-50-28-9-12-31-54(50)59(55(51)37-46)52-29-10-7-26-48(52)49-27-8-11-30-53(49)59/h1-38H. The van der Waals surface area contributed by atoms with E-state index in [1.54, 1.807) is 0 Å². The van der Waals surface area contributed by atoms with Crippen molar-refractivity contribution in [3.8, 4) is 89.5 Å². The molecule has 0 radical (unpaired) electrons. The van der Waals surface area contributed by atoms with E-state index in [9.17, 15) is 0 Å². The van der Waals surface area contributed by atoms with E-state index < -0.39 is 0 Å². The Hall–Kier alpha value is -7.94. The Bertz CT molecular complexity index is 3190. The Morgan fingerprint density at radius 3 is 1.03 bits per heavy atom. The molecule has 2 aliphatic carbocycles. The van der Waals surface area contributed by atoms with Gasteiger partial charge >= 0.3 is 0 Å². The molecule has 1 heterocycles. The highest BCUT2D eigenvalue weighted by Crippen LogP contribution is 2.63. The first-order valence-corrected chi connectivity index (χ1v) is 21.0. The van der Waals surface area contributed by atoms with Gasteiger partial charge < -0.3 is 0 Å². The van der Waals surface area contributed by atoms with Gasteiger partial charge in [-0.25, -0.2) is 9.97 Å². The SMILES string of the molecule is c1ccc(-c2cc(-c3ccccc3)nc(-c3cccc(-c4cccc(-c5cccc(-c6ccc7c(c6)C6(c8ccccc8-c8ccccc86)c6ccccc6-7)c5)c4)c3)n2)cc1. The van der Waals surface area contributed by atoms with Gasteiger partial charge in [0.05, 0.1) is 16.8 Å². The van der Waals surface area contributed by atoms with Crippen LogP contribution in [0, 0.1) is 0 Å². The van der Waals surface area contributed by atoms with Gasteiger partial charge in [-0.05, 0) is 108 Å². The van der Waals surface area contributed by atoms with Crippen LogP contribution in [0.4, 0.5) is 0 Å². The van der Waals surface area contributed by atoms with Crippen LogP contribution in [0.2, 0.25) is 0 Å². The summed E-state index contributed by atoms with van der Waals surface area (Å²) in [7, 11) is 0. The molecular formula is C59H38N2. The smallest absolute Gasteiger partial charge is 0.160 e. The molecule has 61 heavy (non-hydrogen) atoms. The fourth-order valence-corrected chi connectivity index (χ4v) is 9.96. The van der Waals surface area contributed by atoms with Gasteiger partial charge in [0.25, 0.3) is 0 Å². The first-order chi connectivity index (χ1) is 30.2. The van der Waals surface area contributed by atoms with E-state index in [-0.39, 0.29) is 5.41 Å². The van der Waals surface area contributed by atoms with Crippen molar-refractivity contribution in [1.29, 1.82) is 0 Å². The number of fused-ring (bicyclic) bond motifs is 10. The summed E-state index contributed by atoms with van der Waals surface area (Å²) in [6.07, 6.45) is 0. The van der Waals surface area contributed by atoms with E-state index in [1.807, 2.05) is 12.1 Å². The molecule has 1 spiro atoms. The highest BCUT2D eigenvalue weighted by molar-refractivity contribution is 5.96. The average Bonchev–Trinajstić information content (AvgIpc) is 3.82. The van der Waals surface area contributed by atoms with E-state index >= 15 is 0 Å². The van der Waals surface area contributed by atoms with Gasteiger partial charge in [0.2, 0.25) is 0 Å². The minimum atomic E-state index is -0.368. The first kappa shape index (κ1) is 35.0. The van der Waals surface area contributed by atoms with E-state index in [0.29, 0.717) is 5.82 Å². The summed E-state index contributed by atoms with van der Waals surface area (Å²) in [6, 6.07) is 83.4. The van der Waals surface area contributed by atoms with Crippen LogP contribution in [-0.2, 0) is 5.41 Å². The van der Waals surface area contributed by atoms with E-state index in [1.165, 1.54) is 66.8 Å². The van der Waals surface area contributed by atoms with Crippen molar-refractivity contribution in [2.75, 3.05) is 0 Å². The van der Waals surface area contributed by atoms with Crippen molar-refractivity contribution in [3.63, 3.8) is 0 Å². The molecule has 0 N–H and O–H groups in total. The van der Waals surface area contributed by atoms with E-state index in [4.69, 9.17) is 9.97 Å². The predicted molar refractivity (Wildman–Crippen MR) is 251 cm³/mol. The van der Waals surface area contributed by atoms with Gasteiger partial charge in [-0.3, -0.25) is 0 Å². The normalized spacial score (nSPS) is 12.7. The molecule has 12 rings (SSSR count). The number of hydrogen-bond acceptors (Lipinski definition) is 2. The Kier molecular flexibility index (Phi) is 8.11. The summed E-state index contributed by atoms with van der Waals surface area (Å²) >= 11 is 0. The van der Waals surface area contributed by atoms with Crippen LogP contribution in [-0.4, -0.2) is 9.97 Å². The molecule has 2 aliphatic rings. The lowest BCUT2D eigenvalue weighted by atomic mass is 9.70. The van der Waals surface area contributed by atoms with Crippen molar-refractivity contribution in [1.82, 2.24) is 9.97 Å². The zero-order chi connectivity index (χ0) is 40.3. The van der Waals surface area contributed by atoms with Crippen molar-refractivity contribution in [2.24, 2.45) is 0 Å². The fourth-order valence-electron chi connectivity index (χ4n) is 9.96. The lowest BCUT2D eigenvalue weighted by molar-refractivity contribution is 0.794. The minimum absolute atomic E-state index is 0.368. The van der Waals surface area contributed by atoms with Gasteiger partial charge in [0, 0.05) is 16.7 Å². The molecule has 1 aromatic heterocycles. The third-order valence-corrected chi connectivity index (χ3v) is 12.7. The number of aromatic nitrogens is 2. The Labute approximate surface area is 356 Å². The Morgan fingerprint density at radius 1 is 0.230 bits per heavy atom. The van der Waals surface area contributed by atoms with Gasteiger partial charge in [-0.15, -0.1) is 0 Å². The van der Waals surface area contributed by atoms with Crippen molar-refractivity contribution in [3.05, 3.63) is 253 Å². The Balaban J connectivity index is 0.922. The van der Waals surface area contributed by atoms with Gasteiger partial charge in [-0.1, -0.05) is 200 Å². The summed E-state index contributed by atoms with van der Waals surface area (Å²) in [5.41, 5.74) is 22.3. The monoisotopic (exact) mass is 774 g/mol. The molecule has 0 saturated carbocycles. The summed E-state index contributed by atoms with van der Waals surface area (Å²) in [5.74, 6) is 0.703. The highest BCUT2D eigenvalue weighted by Gasteiger charge is 2.51. The van der Waals surface area contributed by atoms with Crippen LogP contribution in [0.15, 0.2) is 231 Å². The maximum absolute atomic E-state index is 5.11. The van der Waals surface area contributed by atoms with Crippen molar-refractivity contribution in [2.45, 2.75) is 5.41 Å². The zero-order valence-electron chi connectivity index (χ0n) is 33.3. The Morgan fingerprint density at radius 2 is 0.574 bits per heavy atom. The fraction of sp³-hybridized carbons (Fsp3) is 0.0169. The molecule has 0 fully saturated rings. The molecule has 0 atom stereocenters. The van der Waals surface area contributed by atoms with Crippen LogP contribution in [0.5, 0.6) is 0 Å². The van der Waals surface area contributed by atoms with Crippen LogP contribution in [0.1, 0.15) is 22.3 Å². The largest absolute Gasteiger partial charge is 0.228 e. The molecule has 0 aliphatic heterocycles. The first-order valence-electron chi connectivity index (χ1n) is 21.0. The summed E-state index contributed by atoms with van der Waals surface area (Å²) in [5, 5.41) is 0.